The highest BCUT2D eigenvalue weighted by atomic mass is 16.4. The summed E-state index contributed by atoms with van der Waals surface area (Å²) in [6.07, 6.45) is 4.67. The number of carbonyl (C=O) groups excluding carboxylic acids is 3. The molecule has 0 radical (unpaired) electrons. The van der Waals surface area contributed by atoms with E-state index in [1.54, 1.807) is 6.20 Å². The highest BCUT2D eigenvalue weighted by Gasteiger charge is 2.26. The molecule has 0 saturated carbocycles. The number of hydrogen-bond donors (Lipinski definition) is 7. The molecule has 1 aromatic rings. The molecule has 168 valence electrons. The van der Waals surface area contributed by atoms with E-state index >= 15 is 0 Å². The number of nitrogens with zero attached hydrogens (tertiary/aromatic N) is 1. The number of rotatable bonds is 13. The van der Waals surface area contributed by atoms with Gasteiger partial charge in [-0.3, -0.25) is 14.4 Å². The molecule has 3 amide bonds. The van der Waals surface area contributed by atoms with Gasteiger partial charge in [-0.15, -0.1) is 0 Å². The number of carbonyl (C=O) groups is 4. The lowest BCUT2D eigenvalue weighted by molar-refractivity contribution is -0.142. The predicted molar refractivity (Wildman–Crippen MR) is 108 cm³/mol. The maximum Gasteiger partial charge on any atom is 0.326 e. The van der Waals surface area contributed by atoms with Crippen LogP contribution in [0.4, 0.5) is 0 Å². The summed E-state index contributed by atoms with van der Waals surface area (Å²) in [4.78, 5) is 54.6. The van der Waals surface area contributed by atoms with Crippen LogP contribution in [0, 0.1) is 0 Å². The van der Waals surface area contributed by atoms with Crippen LogP contribution in [-0.4, -0.2) is 69.5 Å². The minimum absolute atomic E-state index is 0.222. The summed E-state index contributed by atoms with van der Waals surface area (Å²) >= 11 is 0. The van der Waals surface area contributed by atoms with Crippen molar-refractivity contribution in [2.24, 2.45) is 11.5 Å². The molecule has 12 nitrogen and oxygen atoms in total. The smallest absolute Gasteiger partial charge is 0.326 e. The van der Waals surface area contributed by atoms with Crippen LogP contribution in [0.15, 0.2) is 12.5 Å². The van der Waals surface area contributed by atoms with Crippen LogP contribution in [0.25, 0.3) is 0 Å². The quantitative estimate of drug-likeness (QED) is 0.175. The summed E-state index contributed by atoms with van der Waals surface area (Å²) in [5, 5.41) is 16.5. The van der Waals surface area contributed by atoms with Crippen molar-refractivity contribution in [3.63, 3.8) is 0 Å². The number of aromatic amines is 1. The number of imidazole rings is 1. The summed E-state index contributed by atoms with van der Waals surface area (Å²) in [7, 11) is 0. The van der Waals surface area contributed by atoms with Crippen molar-refractivity contribution >= 4 is 23.7 Å². The van der Waals surface area contributed by atoms with Crippen LogP contribution < -0.4 is 27.4 Å². The fourth-order valence-electron chi connectivity index (χ4n) is 2.56. The van der Waals surface area contributed by atoms with Gasteiger partial charge in [0.15, 0.2) is 0 Å². The third-order valence-electron chi connectivity index (χ3n) is 4.40. The first-order valence-corrected chi connectivity index (χ1v) is 9.72. The van der Waals surface area contributed by atoms with Crippen molar-refractivity contribution < 1.29 is 24.3 Å². The molecule has 1 aromatic heterocycles. The Balaban J connectivity index is 2.49. The van der Waals surface area contributed by atoms with E-state index in [2.05, 4.69) is 25.9 Å². The van der Waals surface area contributed by atoms with E-state index in [1.165, 1.54) is 20.2 Å². The molecule has 1 heterocycles. The maximum atomic E-state index is 12.3. The van der Waals surface area contributed by atoms with Crippen molar-refractivity contribution in [1.29, 1.82) is 0 Å². The number of hydrogen-bond acceptors (Lipinski definition) is 7. The molecular weight excluding hydrogens is 394 g/mol. The second-order valence-corrected chi connectivity index (χ2v) is 7.03. The number of carboxylic acid groups (broad SMARTS) is 1. The predicted octanol–water partition coefficient (Wildman–Crippen LogP) is -2.01. The zero-order valence-electron chi connectivity index (χ0n) is 17.2. The molecule has 0 fully saturated rings. The van der Waals surface area contributed by atoms with Gasteiger partial charge in [0, 0.05) is 18.3 Å². The Bertz CT molecular complexity index is 710. The lowest BCUT2D eigenvalue weighted by Crippen LogP contribution is -2.55. The third kappa shape index (κ3) is 8.57. The Morgan fingerprint density at radius 3 is 2.20 bits per heavy atom. The first kappa shape index (κ1) is 25.0. The fraction of sp³-hybridized carbons (Fsp3) is 0.611. The van der Waals surface area contributed by atoms with Crippen LogP contribution in [0.1, 0.15) is 38.8 Å². The van der Waals surface area contributed by atoms with E-state index in [9.17, 15) is 24.3 Å². The molecule has 0 aromatic carbocycles. The molecule has 0 aliphatic carbocycles. The van der Waals surface area contributed by atoms with Crippen molar-refractivity contribution in [2.75, 3.05) is 6.54 Å². The van der Waals surface area contributed by atoms with Gasteiger partial charge in [0.05, 0.1) is 12.4 Å². The van der Waals surface area contributed by atoms with Crippen LogP contribution in [0.3, 0.4) is 0 Å². The molecule has 4 atom stereocenters. The van der Waals surface area contributed by atoms with E-state index in [1.807, 2.05) is 0 Å². The molecule has 0 aliphatic rings. The van der Waals surface area contributed by atoms with Crippen LogP contribution in [0.2, 0.25) is 0 Å². The number of unbranched alkanes of at least 4 members (excludes halogenated alkanes) is 1. The fourth-order valence-corrected chi connectivity index (χ4v) is 2.56. The van der Waals surface area contributed by atoms with E-state index < -0.39 is 47.9 Å². The monoisotopic (exact) mass is 425 g/mol. The van der Waals surface area contributed by atoms with Crippen molar-refractivity contribution in [3.8, 4) is 0 Å². The lowest BCUT2D eigenvalue weighted by atomic mass is 10.1. The molecular formula is C18H31N7O5. The number of carboxylic acids is 1. The van der Waals surface area contributed by atoms with Gasteiger partial charge in [0.1, 0.15) is 18.1 Å². The normalized spacial score (nSPS) is 14.8. The second-order valence-electron chi connectivity index (χ2n) is 7.03. The Morgan fingerprint density at radius 1 is 1.07 bits per heavy atom. The van der Waals surface area contributed by atoms with Gasteiger partial charge in [-0.05, 0) is 39.7 Å². The summed E-state index contributed by atoms with van der Waals surface area (Å²) in [5.74, 6) is -2.94. The van der Waals surface area contributed by atoms with Crippen LogP contribution in [-0.2, 0) is 25.6 Å². The molecule has 1 rings (SSSR count). The van der Waals surface area contributed by atoms with Gasteiger partial charge < -0.3 is 37.5 Å². The van der Waals surface area contributed by atoms with Gasteiger partial charge >= 0.3 is 5.97 Å². The number of aromatic nitrogens is 2. The zero-order chi connectivity index (χ0) is 22.7. The standard InChI is InChI=1S/C18H31N7O5/c1-10(24-17(28)13(20)7-12-8-21-9-22-12)15(26)23-11(2)16(27)25-14(18(29)30)5-3-4-6-19/h8-11,13-14H,3-7,19-20H2,1-2H3,(H,21,22)(H,23,26)(H,24,28)(H,25,27)(H,29,30). The summed E-state index contributed by atoms with van der Waals surface area (Å²) in [5.41, 5.74) is 11.9. The van der Waals surface area contributed by atoms with Crippen molar-refractivity contribution in [1.82, 2.24) is 25.9 Å². The summed E-state index contributed by atoms with van der Waals surface area (Å²) in [6.45, 7) is 3.31. The second kappa shape index (κ2) is 12.5. The molecule has 4 unspecified atom stereocenters. The largest absolute Gasteiger partial charge is 0.480 e. The number of nitrogens with two attached hydrogens (primary N) is 2. The van der Waals surface area contributed by atoms with Gasteiger partial charge in [-0.1, -0.05) is 0 Å². The number of aliphatic carboxylic acids is 1. The zero-order valence-corrected chi connectivity index (χ0v) is 17.2. The molecule has 9 N–H and O–H groups in total. The molecule has 0 bridgehead atoms. The SMILES string of the molecule is CC(NC(=O)C(N)Cc1cnc[nH]1)C(=O)NC(C)C(=O)NC(CCCCN)C(=O)O. The van der Waals surface area contributed by atoms with Gasteiger partial charge in [0.2, 0.25) is 17.7 Å². The summed E-state index contributed by atoms with van der Waals surface area (Å²) in [6, 6.07) is -3.89. The number of nitrogens with one attached hydrogen (secondary N) is 4. The van der Waals surface area contributed by atoms with E-state index in [0.29, 0.717) is 25.1 Å². The van der Waals surface area contributed by atoms with Crippen LogP contribution >= 0.6 is 0 Å². The van der Waals surface area contributed by atoms with E-state index in [4.69, 9.17) is 11.5 Å². The highest BCUT2D eigenvalue weighted by molar-refractivity contribution is 5.93. The van der Waals surface area contributed by atoms with Crippen LogP contribution in [0.5, 0.6) is 0 Å². The average molecular weight is 425 g/mol. The lowest BCUT2D eigenvalue weighted by Gasteiger charge is -2.21. The van der Waals surface area contributed by atoms with Crippen molar-refractivity contribution in [3.05, 3.63) is 18.2 Å². The number of amides is 3. The van der Waals surface area contributed by atoms with Gasteiger partial charge in [-0.2, -0.15) is 0 Å². The van der Waals surface area contributed by atoms with Gasteiger partial charge in [0.25, 0.3) is 0 Å². The molecule has 0 aliphatic heterocycles. The minimum Gasteiger partial charge on any atom is -0.480 e. The number of H-pyrrole nitrogens is 1. The molecule has 12 heteroatoms. The van der Waals surface area contributed by atoms with Crippen molar-refractivity contribution in [2.45, 2.75) is 63.7 Å². The van der Waals surface area contributed by atoms with E-state index in [0.717, 1.165) is 0 Å². The molecule has 0 spiro atoms. The van der Waals surface area contributed by atoms with E-state index in [-0.39, 0.29) is 12.8 Å². The first-order valence-electron chi connectivity index (χ1n) is 9.72. The topological polar surface area (TPSA) is 205 Å². The minimum atomic E-state index is -1.16. The third-order valence-corrected chi connectivity index (χ3v) is 4.40. The average Bonchev–Trinajstić information content (AvgIpc) is 3.19. The highest BCUT2D eigenvalue weighted by Crippen LogP contribution is 2.02. The Labute approximate surface area is 174 Å². The Hall–Kier alpha value is -2.99. The molecule has 0 saturated heterocycles. The molecule has 30 heavy (non-hydrogen) atoms. The maximum absolute atomic E-state index is 12.3. The van der Waals surface area contributed by atoms with Gasteiger partial charge in [-0.25, -0.2) is 9.78 Å². The Morgan fingerprint density at radius 2 is 1.67 bits per heavy atom. The Kier molecular flexibility index (Phi) is 10.5. The summed E-state index contributed by atoms with van der Waals surface area (Å²) < 4.78 is 0. The first-order chi connectivity index (χ1) is 14.1.